The Morgan fingerprint density at radius 1 is 0.271 bits per heavy atom. The maximum Gasteiger partial charge on any atom is 0.0433 e. The van der Waals surface area contributed by atoms with E-state index in [1.54, 1.807) is 0 Å². The first-order valence-electron chi connectivity index (χ1n) is 24.8. The lowest BCUT2D eigenvalue weighted by Crippen LogP contribution is -2.27. The molecule has 6 aliphatic carbocycles. The van der Waals surface area contributed by atoms with Crippen molar-refractivity contribution >= 4 is 43.0 Å². The summed E-state index contributed by atoms with van der Waals surface area (Å²) in [6, 6.07) is 86.2. The van der Waals surface area contributed by atoms with E-state index < -0.39 is 0 Å². The van der Waals surface area contributed by atoms with Gasteiger partial charge in [-0.25, -0.2) is 0 Å². The van der Waals surface area contributed by atoms with Gasteiger partial charge >= 0.3 is 0 Å². The van der Waals surface area contributed by atoms with Crippen LogP contribution in [-0.4, -0.2) is 0 Å². The molecular formula is C69H44S. The van der Waals surface area contributed by atoms with Crippen LogP contribution in [0.3, 0.4) is 0 Å². The maximum atomic E-state index is 2.54. The normalized spacial score (nSPS) is 17.5. The number of benzene rings is 11. The molecule has 0 nitrogen and oxygen atoms in total. The summed E-state index contributed by atoms with van der Waals surface area (Å²) in [7, 11) is 0. The van der Waals surface area contributed by atoms with Crippen molar-refractivity contribution < 1.29 is 0 Å². The standard InChI is InChI=1S/C69H44S/c1-39-18-20-40(21-19-39)69-64(47-28-30-59-62(37-47)68-56-16-8-4-12-52(56)66(59)53-13-5-9-17-57(53)68)60-31-27-46(38-63(60)70-69)42-23-25-44-34-48-32-41(22-24-43(48)35-49(44)33-42)45-26-29-58-61(36-45)67-54-14-6-2-10-50(54)65(58)51-11-3-7-15-55(51)67/h2-38,65-68H,1H3. The summed E-state index contributed by atoms with van der Waals surface area (Å²) in [4.78, 5) is 1.33. The maximum absolute atomic E-state index is 2.54. The fraction of sp³-hybridized carbons (Fsp3) is 0.0725. The van der Waals surface area contributed by atoms with E-state index in [9.17, 15) is 0 Å². The topological polar surface area (TPSA) is 0 Å². The van der Waals surface area contributed by atoms with Crippen LogP contribution in [0, 0.1) is 6.92 Å². The SMILES string of the molecule is Cc1ccc(-c2sc3cc(-c4ccc5cc6cc(-c7ccc8c(c7)C7c9ccccc9C8c8ccccc87)ccc6cc5c4)ccc3c2-c2ccc3c(c2)C2c4ccccc4C3c3ccccc32)cc1. The Kier molecular flexibility index (Phi) is 8.02. The lowest BCUT2D eigenvalue weighted by atomic mass is 9.61. The summed E-state index contributed by atoms with van der Waals surface area (Å²) in [5, 5.41) is 6.37. The number of rotatable bonds is 4. The fourth-order valence-corrected chi connectivity index (χ4v) is 14.8. The van der Waals surface area contributed by atoms with E-state index >= 15 is 0 Å². The summed E-state index contributed by atoms with van der Waals surface area (Å²) in [5.41, 5.74) is 27.7. The minimum absolute atomic E-state index is 0.237. The Labute approximate surface area is 411 Å². The van der Waals surface area contributed by atoms with Gasteiger partial charge in [0, 0.05) is 44.2 Å². The molecule has 6 aliphatic rings. The van der Waals surface area contributed by atoms with Crippen molar-refractivity contribution in [3.63, 3.8) is 0 Å². The molecule has 0 atom stereocenters. The molecule has 70 heavy (non-hydrogen) atoms. The first kappa shape index (κ1) is 38.8. The van der Waals surface area contributed by atoms with Gasteiger partial charge in [-0.15, -0.1) is 11.3 Å². The number of hydrogen-bond acceptors (Lipinski definition) is 1. The highest BCUT2D eigenvalue weighted by Gasteiger charge is 2.42. The predicted molar refractivity (Wildman–Crippen MR) is 293 cm³/mol. The molecule has 0 spiro atoms. The van der Waals surface area contributed by atoms with Crippen molar-refractivity contribution in [3.8, 4) is 43.8 Å². The molecule has 0 saturated heterocycles. The highest BCUT2D eigenvalue weighted by atomic mass is 32.1. The molecule has 4 bridgehead atoms. The van der Waals surface area contributed by atoms with Crippen LogP contribution >= 0.6 is 11.3 Å². The smallest absolute Gasteiger partial charge is 0.0433 e. The Balaban J connectivity index is 0.764. The van der Waals surface area contributed by atoms with Gasteiger partial charge in [0.05, 0.1) is 0 Å². The second kappa shape index (κ2) is 14.5. The molecule has 0 aliphatic heterocycles. The van der Waals surface area contributed by atoms with Crippen molar-refractivity contribution in [2.45, 2.75) is 30.6 Å². The van der Waals surface area contributed by atoms with E-state index in [0.29, 0.717) is 5.92 Å². The van der Waals surface area contributed by atoms with Gasteiger partial charge in [-0.3, -0.25) is 0 Å². The van der Waals surface area contributed by atoms with Crippen molar-refractivity contribution in [1.82, 2.24) is 0 Å². The Morgan fingerprint density at radius 2 is 0.629 bits per heavy atom. The number of thiophene rings is 1. The number of hydrogen-bond donors (Lipinski definition) is 0. The third kappa shape index (κ3) is 5.47. The van der Waals surface area contributed by atoms with Crippen LogP contribution < -0.4 is 0 Å². The van der Waals surface area contributed by atoms with Gasteiger partial charge in [-0.2, -0.15) is 0 Å². The molecule has 0 unspecified atom stereocenters. The van der Waals surface area contributed by atoms with Gasteiger partial charge in [0.15, 0.2) is 0 Å². The molecule has 1 aromatic heterocycles. The zero-order chi connectivity index (χ0) is 45.8. The molecule has 0 N–H and O–H groups in total. The highest BCUT2D eigenvalue weighted by Crippen LogP contribution is 2.58. The van der Waals surface area contributed by atoms with Crippen LogP contribution in [0.15, 0.2) is 224 Å². The Bertz CT molecular complexity index is 4120. The summed E-state index contributed by atoms with van der Waals surface area (Å²) in [6.07, 6.45) is 0. The largest absolute Gasteiger partial charge is 0.135 e. The highest BCUT2D eigenvalue weighted by molar-refractivity contribution is 7.23. The van der Waals surface area contributed by atoms with Crippen molar-refractivity contribution in [1.29, 1.82) is 0 Å². The predicted octanol–water partition coefficient (Wildman–Crippen LogP) is 18.2. The minimum atomic E-state index is 0.237. The molecule has 0 amide bonds. The van der Waals surface area contributed by atoms with E-state index in [0.717, 1.165) is 0 Å². The third-order valence-corrected chi connectivity index (χ3v) is 17.8. The van der Waals surface area contributed by atoms with E-state index in [1.165, 1.54) is 148 Å². The molecule has 1 heteroatoms. The van der Waals surface area contributed by atoms with Crippen molar-refractivity contribution in [3.05, 3.63) is 297 Å². The summed E-state index contributed by atoms with van der Waals surface area (Å²) >= 11 is 1.93. The van der Waals surface area contributed by atoms with Crippen molar-refractivity contribution in [2.24, 2.45) is 0 Å². The number of fused-ring (bicyclic) bond motifs is 3. The lowest BCUT2D eigenvalue weighted by Gasteiger charge is -2.42. The second-order valence-electron chi connectivity index (χ2n) is 20.3. The van der Waals surface area contributed by atoms with Crippen molar-refractivity contribution in [2.75, 3.05) is 0 Å². The summed E-state index contributed by atoms with van der Waals surface area (Å²) < 4.78 is 1.31. The molecule has 0 saturated carbocycles. The zero-order valence-corrected chi connectivity index (χ0v) is 39.4. The van der Waals surface area contributed by atoms with Gasteiger partial charge in [0.25, 0.3) is 0 Å². The average Bonchev–Trinajstić information content (AvgIpc) is 3.81. The van der Waals surface area contributed by atoms with Gasteiger partial charge in [-0.05, 0) is 171 Å². The van der Waals surface area contributed by atoms with Crippen LogP contribution in [0.5, 0.6) is 0 Å². The lowest BCUT2D eigenvalue weighted by molar-refractivity contribution is 0.755. The van der Waals surface area contributed by atoms with Crippen LogP contribution in [0.2, 0.25) is 0 Å². The first-order chi connectivity index (χ1) is 34.6. The summed E-state index contributed by atoms with van der Waals surface area (Å²) in [6.45, 7) is 2.18. The van der Waals surface area contributed by atoms with Gasteiger partial charge in [0.2, 0.25) is 0 Å². The molecule has 12 aromatic rings. The van der Waals surface area contributed by atoms with Gasteiger partial charge in [0.1, 0.15) is 0 Å². The van der Waals surface area contributed by atoms with Gasteiger partial charge in [-0.1, -0.05) is 188 Å². The molecular weight excluding hydrogens is 861 g/mol. The molecule has 18 rings (SSSR count). The van der Waals surface area contributed by atoms with E-state index in [1.807, 2.05) is 11.3 Å². The van der Waals surface area contributed by atoms with Crippen LogP contribution in [0.1, 0.15) is 96.0 Å². The van der Waals surface area contributed by atoms with E-state index in [-0.39, 0.29) is 17.8 Å². The van der Waals surface area contributed by atoms with E-state index in [4.69, 9.17) is 0 Å². The Hall–Kier alpha value is -8.10. The van der Waals surface area contributed by atoms with E-state index in [2.05, 4.69) is 231 Å². The monoisotopic (exact) mass is 904 g/mol. The van der Waals surface area contributed by atoms with Crippen LogP contribution in [0.25, 0.3) is 75.5 Å². The zero-order valence-electron chi connectivity index (χ0n) is 38.6. The Morgan fingerprint density at radius 3 is 1.11 bits per heavy atom. The molecule has 11 aromatic carbocycles. The third-order valence-electron chi connectivity index (χ3n) is 16.6. The quantitative estimate of drug-likeness (QED) is 0.154. The molecule has 0 radical (unpaired) electrons. The number of aryl methyl sites for hydroxylation is 1. The summed E-state index contributed by atoms with van der Waals surface area (Å²) in [5.74, 6) is 1.07. The van der Waals surface area contributed by atoms with Gasteiger partial charge < -0.3 is 0 Å². The molecule has 326 valence electrons. The minimum Gasteiger partial charge on any atom is -0.135 e. The van der Waals surface area contributed by atoms with Crippen LogP contribution in [-0.2, 0) is 0 Å². The second-order valence-corrected chi connectivity index (χ2v) is 21.3. The average molecular weight is 905 g/mol. The molecule has 0 fully saturated rings. The fourth-order valence-electron chi connectivity index (χ4n) is 13.5. The van der Waals surface area contributed by atoms with Crippen LogP contribution in [0.4, 0.5) is 0 Å². The molecule has 1 heterocycles. The first-order valence-corrected chi connectivity index (χ1v) is 25.7.